The number of carboxylic acid groups (broad SMARTS) is 2. The summed E-state index contributed by atoms with van der Waals surface area (Å²) < 4.78 is 33.4. The van der Waals surface area contributed by atoms with Crippen LogP contribution < -0.4 is 43.8 Å². The molecular formula is C67H114N10O18. The molecule has 2 saturated carbocycles. The maximum Gasteiger partial charge on any atom is 0.407 e. The van der Waals surface area contributed by atoms with Crippen molar-refractivity contribution in [1.29, 1.82) is 5.41 Å². The zero-order valence-electron chi connectivity index (χ0n) is 57.2. The normalized spacial score (nSPS) is 19.9. The standard InChI is InChI=1S/C67H114N10O18/c1-8-32-90-34-36-92-38-39-93-37-35-91-33-29-56(83)76-51(26-25-48(80)23-19-15-13-18-22-31-73-67(89)95-63-50(65(87)88)42-52(77-66(70)71)59(63)61(75-44(7)79)46(11-4)12-5)53(81)27-28-55(82)72-30-21-17-14-16-20-24-57(84)94-62-49(64(85)86)40-47(41-54(68)69)58(62)60(74-43(6)78)45(9-2)10-3/h1,45-47,49-52,58-63H,9-42H2,2-7H3,(H3,68,69)(H,72,82)(H,73,89)(H,74,78)(H,75,79)(H,76,83)(H,85,86)(H,87,88)(H4,70,71,77)/t47-,49-,50-,51+,52+,58+,59+,60-,61-,62+,63+/m0/s1. The van der Waals surface area contributed by atoms with E-state index in [0.29, 0.717) is 104 Å². The highest BCUT2D eigenvalue weighted by molar-refractivity contribution is 5.92. The molecule has 14 N–H and O–H groups in total. The molecule has 0 radical (unpaired) electrons. The first-order chi connectivity index (χ1) is 45.4. The van der Waals surface area contributed by atoms with E-state index < -0.39 is 95.7 Å². The predicted molar refractivity (Wildman–Crippen MR) is 355 cm³/mol. The minimum absolute atomic E-state index is 0.00455. The number of nitrogens with one attached hydrogen (secondary N) is 6. The summed E-state index contributed by atoms with van der Waals surface area (Å²) in [6, 6.07) is -2.80. The summed E-state index contributed by atoms with van der Waals surface area (Å²) in [4.78, 5) is 133. The number of carbonyl (C=O) groups excluding carboxylic acids is 8. The number of esters is 1. The van der Waals surface area contributed by atoms with Crippen LogP contribution in [0.4, 0.5) is 4.79 Å². The van der Waals surface area contributed by atoms with E-state index in [9.17, 15) is 58.2 Å². The Bertz CT molecular complexity index is 2450. The highest BCUT2D eigenvalue weighted by Crippen LogP contribution is 2.46. The van der Waals surface area contributed by atoms with Crippen LogP contribution in [0.25, 0.3) is 0 Å². The van der Waals surface area contributed by atoms with Crippen molar-refractivity contribution in [3.05, 3.63) is 0 Å². The van der Waals surface area contributed by atoms with Crippen LogP contribution in [0.15, 0.2) is 4.99 Å². The molecule has 540 valence electrons. The van der Waals surface area contributed by atoms with Gasteiger partial charge in [-0.3, -0.25) is 48.6 Å². The molecule has 5 amide bonds. The van der Waals surface area contributed by atoms with Gasteiger partial charge in [0.15, 0.2) is 11.7 Å². The smallest absolute Gasteiger partial charge is 0.407 e. The van der Waals surface area contributed by atoms with Crippen molar-refractivity contribution in [2.45, 2.75) is 232 Å². The maximum atomic E-state index is 13.6. The number of rotatable bonds is 54. The summed E-state index contributed by atoms with van der Waals surface area (Å²) in [6.07, 6.45) is 11.7. The molecule has 28 nitrogen and oxygen atoms in total. The number of carboxylic acids is 2. The van der Waals surface area contributed by atoms with Gasteiger partial charge in [0.25, 0.3) is 0 Å². The van der Waals surface area contributed by atoms with Crippen molar-refractivity contribution in [1.82, 2.24) is 26.6 Å². The lowest BCUT2D eigenvalue weighted by Crippen LogP contribution is -2.52. The molecule has 0 spiro atoms. The number of unbranched alkanes of at least 4 members (excludes halogenated alkanes) is 8. The lowest BCUT2D eigenvalue weighted by Gasteiger charge is -2.37. The number of nitrogens with two attached hydrogens (primary N) is 3. The number of guanidine groups is 1. The minimum atomic E-state index is -1.18. The molecule has 0 aromatic heterocycles. The molecule has 95 heavy (non-hydrogen) atoms. The van der Waals surface area contributed by atoms with Crippen LogP contribution in [0.2, 0.25) is 0 Å². The average molecular weight is 1350 g/mol. The third-order valence-electron chi connectivity index (χ3n) is 17.8. The number of aliphatic carboxylic acids is 2. The number of Topliss-reactive ketones (excluding diaryl/α,β-unsaturated/α-hetero) is 2. The number of nitrogens with zero attached hydrogens (tertiary/aromatic N) is 1. The third-order valence-corrected chi connectivity index (χ3v) is 17.8. The van der Waals surface area contributed by atoms with Gasteiger partial charge in [-0.05, 0) is 62.7 Å². The van der Waals surface area contributed by atoms with Gasteiger partial charge >= 0.3 is 24.0 Å². The number of carbonyl (C=O) groups is 10. The van der Waals surface area contributed by atoms with Gasteiger partial charge in [-0.2, -0.15) is 0 Å². The van der Waals surface area contributed by atoms with Crippen LogP contribution in [-0.2, 0) is 71.6 Å². The predicted octanol–water partition coefficient (Wildman–Crippen LogP) is 4.97. The van der Waals surface area contributed by atoms with Crippen molar-refractivity contribution in [2.24, 2.45) is 63.6 Å². The van der Waals surface area contributed by atoms with Crippen LogP contribution in [0, 0.1) is 59.2 Å². The lowest BCUT2D eigenvalue weighted by molar-refractivity contribution is -0.160. The Morgan fingerprint density at radius 2 is 1.06 bits per heavy atom. The summed E-state index contributed by atoms with van der Waals surface area (Å²) in [6.45, 7) is 13.4. The number of terminal acetylenes is 1. The van der Waals surface area contributed by atoms with Crippen molar-refractivity contribution >= 4 is 71.0 Å². The molecule has 2 aliphatic carbocycles. The Hall–Kier alpha value is -6.96. The van der Waals surface area contributed by atoms with Gasteiger partial charge in [-0.1, -0.05) is 97.8 Å². The number of amidine groups is 1. The summed E-state index contributed by atoms with van der Waals surface area (Å²) >= 11 is 0. The number of ketones is 2. The highest BCUT2D eigenvalue weighted by atomic mass is 16.6. The van der Waals surface area contributed by atoms with E-state index in [1.54, 1.807) is 0 Å². The van der Waals surface area contributed by atoms with Gasteiger partial charge in [0.05, 0.1) is 76.0 Å². The summed E-state index contributed by atoms with van der Waals surface area (Å²) in [7, 11) is 0. The second-order valence-corrected chi connectivity index (χ2v) is 24.9. The molecule has 2 rings (SSSR count). The average Bonchev–Trinajstić information content (AvgIpc) is 1.65. The number of ether oxygens (including phenoxy) is 6. The van der Waals surface area contributed by atoms with Gasteiger partial charge in [0.1, 0.15) is 24.6 Å². The second-order valence-electron chi connectivity index (χ2n) is 24.9. The molecule has 0 aliphatic heterocycles. The SMILES string of the molecule is C#CCOCCOCCOCCOCCC(=O)N[C@H](CCC(=O)CCCCCCCNC(=O)O[C@H]1[C@@H]([C@@H](NC(C)=O)C(CC)CC)[C@H](N=C(N)N)C[C@@H]1C(=O)O)C(=O)CCC(=O)NCCCCCCCC(=O)O[C@H]1[C@@H]([C@@H](NC(C)=O)C(CC)CC)[C@H](CC(=N)N)C[C@@H]1C(=O)O. The van der Waals surface area contributed by atoms with Gasteiger partial charge in [-0.15, -0.1) is 6.42 Å². The van der Waals surface area contributed by atoms with E-state index in [2.05, 4.69) is 37.5 Å². The highest BCUT2D eigenvalue weighted by Gasteiger charge is 2.55. The van der Waals surface area contributed by atoms with E-state index in [-0.39, 0.29) is 150 Å². The van der Waals surface area contributed by atoms with E-state index in [1.165, 1.54) is 13.8 Å². The Kier molecular flexibility index (Phi) is 43.1. The molecule has 2 aliphatic rings. The number of hydrogen-bond acceptors (Lipinski definition) is 18. The first kappa shape index (κ1) is 84.1. The van der Waals surface area contributed by atoms with Crippen LogP contribution in [0.5, 0.6) is 0 Å². The Morgan fingerprint density at radius 1 is 0.568 bits per heavy atom. The summed E-state index contributed by atoms with van der Waals surface area (Å²) in [5, 5.41) is 42.7. The molecule has 0 saturated heterocycles. The molecular weight excluding hydrogens is 1230 g/mol. The topological polar surface area (TPSA) is 441 Å². The van der Waals surface area contributed by atoms with Gasteiger partial charge in [-0.25, -0.2) is 9.79 Å². The first-order valence-corrected chi connectivity index (χ1v) is 34.3. The number of hydrogen-bond donors (Lipinski definition) is 11. The van der Waals surface area contributed by atoms with Gasteiger partial charge in [0, 0.05) is 95.8 Å². The largest absolute Gasteiger partial charge is 0.481 e. The van der Waals surface area contributed by atoms with Crippen molar-refractivity contribution in [3.63, 3.8) is 0 Å². The third kappa shape index (κ3) is 34.0. The fraction of sp³-hybridized carbons (Fsp3) is 0.791. The Labute approximate surface area is 561 Å². The second kappa shape index (κ2) is 48.7. The molecule has 28 heteroatoms. The fourth-order valence-electron chi connectivity index (χ4n) is 13.1. The zero-order valence-corrected chi connectivity index (χ0v) is 57.2. The number of amides is 5. The molecule has 0 heterocycles. The van der Waals surface area contributed by atoms with Gasteiger partial charge < -0.3 is 82.4 Å². The summed E-state index contributed by atoms with van der Waals surface area (Å²) in [5.41, 5.74) is 17.3. The maximum absolute atomic E-state index is 13.6. The molecule has 11 atom stereocenters. The lowest BCUT2D eigenvalue weighted by atomic mass is 9.77. The molecule has 0 aromatic rings. The van der Waals surface area contributed by atoms with E-state index in [4.69, 9.17) is 57.5 Å². The van der Waals surface area contributed by atoms with Crippen LogP contribution >= 0.6 is 0 Å². The summed E-state index contributed by atoms with van der Waals surface area (Å²) in [5.74, 6) is -6.64. The minimum Gasteiger partial charge on any atom is -0.481 e. The van der Waals surface area contributed by atoms with Crippen LogP contribution in [0.1, 0.15) is 196 Å². The molecule has 2 fully saturated rings. The zero-order chi connectivity index (χ0) is 70.7. The van der Waals surface area contributed by atoms with E-state index >= 15 is 0 Å². The van der Waals surface area contributed by atoms with Crippen molar-refractivity contribution < 1.29 is 86.6 Å². The van der Waals surface area contributed by atoms with Crippen molar-refractivity contribution in [3.8, 4) is 12.3 Å². The molecule has 0 aromatic carbocycles. The first-order valence-electron chi connectivity index (χ1n) is 34.3. The molecule has 0 bridgehead atoms. The monoisotopic (exact) mass is 1350 g/mol. The van der Waals surface area contributed by atoms with Crippen LogP contribution in [0.3, 0.4) is 0 Å². The number of alkyl carbamates (subject to hydrolysis) is 1. The van der Waals surface area contributed by atoms with E-state index in [0.717, 1.165) is 19.3 Å². The fourth-order valence-corrected chi connectivity index (χ4v) is 13.1. The quantitative estimate of drug-likeness (QED) is 0.0126. The van der Waals surface area contributed by atoms with E-state index in [1.807, 2.05) is 27.7 Å². The van der Waals surface area contributed by atoms with Gasteiger partial charge in [0.2, 0.25) is 23.6 Å². The van der Waals surface area contributed by atoms with Crippen LogP contribution in [-0.4, -0.2) is 184 Å². The van der Waals surface area contributed by atoms with Crippen molar-refractivity contribution in [2.75, 3.05) is 65.9 Å². The Balaban J connectivity index is 1.89. The number of aliphatic imine (C=N–C) groups is 1. The molecule has 0 unspecified atom stereocenters. The Morgan fingerprint density at radius 3 is 1.59 bits per heavy atom.